The number of rotatable bonds is 3. The van der Waals surface area contributed by atoms with Crippen molar-refractivity contribution >= 4 is 5.69 Å². The van der Waals surface area contributed by atoms with Crippen molar-refractivity contribution in [3.8, 4) is 17.2 Å². The molecule has 2 aliphatic rings. The molecular formula is C21H23N3. The van der Waals surface area contributed by atoms with E-state index < -0.39 is 0 Å². The summed E-state index contributed by atoms with van der Waals surface area (Å²) >= 11 is 0. The Labute approximate surface area is 144 Å². The molecule has 2 atom stereocenters. The molecule has 3 nitrogen and oxygen atoms in total. The van der Waals surface area contributed by atoms with Crippen molar-refractivity contribution in [2.75, 3.05) is 31.1 Å². The maximum atomic E-state index is 8.91. The zero-order chi connectivity index (χ0) is 16.5. The Balaban J connectivity index is 1.52. The predicted molar refractivity (Wildman–Crippen MR) is 97.9 cm³/mol. The molecule has 0 bridgehead atoms. The molecule has 0 amide bonds. The molecule has 0 radical (unpaired) electrons. The second kappa shape index (κ2) is 6.30. The molecule has 2 aromatic carbocycles. The van der Waals surface area contributed by atoms with Crippen molar-refractivity contribution in [2.45, 2.75) is 19.4 Å². The van der Waals surface area contributed by atoms with Gasteiger partial charge in [0.1, 0.15) is 0 Å². The topological polar surface area (TPSA) is 30.3 Å². The smallest absolute Gasteiger partial charge is 0.0991 e. The van der Waals surface area contributed by atoms with Crippen molar-refractivity contribution < 1.29 is 0 Å². The van der Waals surface area contributed by atoms with E-state index in [4.69, 9.17) is 5.26 Å². The van der Waals surface area contributed by atoms with Gasteiger partial charge in [0.05, 0.1) is 11.6 Å². The number of likely N-dealkylation sites (tertiary alicyclic amines) is 1. The molecule has 2 aliphatic heterocycles. The molecule has 3 heteroatoms. The zero-order valence-electron chi connectivity index (χ0n) is 14.2. The molecule has 0 aliphatic carbocycles. The Kier molecular flexibility index (Phi) is 4.00. The van der Waals surface area contributed by atoms with Crippen LogP contribution in [0.1, 0.15) is 18.9 Å². The third kappa shape index (κ3) is 2.68. The van der Waals surface area contributed by atoms with Crippen LogP contribution < -0.4 is 4.90 Å². The summed E-state index contributed by atoms with van der Waals surface area (Å²) in [6.45, 7) is 7.08. The third-order valence-electron chi connectivity index (χ3n) is 5.62. The first-order valence-corrected chi connectivity index (χ1v) is 8.88. The Bertz CT molecular complexity index is 742. The van der Waals surface area contributed by atoms with E-state index >= 15 is 0 Å². The molecular weight excluding hydrogens is 294 g/mol. The van der Waals surface area contributed by atoms with Gasteiger partial charge in [0.2, 0.25) is 0 Å². The summed E-state index contributed by atoms with van der Waals surface area (Å²) in [5.41, 5.74) is 4.43. The van der Waals surface area contributed by atoms with Gasteiger partial charge < -0.3 is 9.80 Å². The summed E-state index contributed by atoms with van der Waals surface area (Å²) in [6, 6.07) is 19.6. The fourth-order valence-electron chi connectivity index (χ4n) is 4.21. The second-order valence-electron chi connectivity index (χ2n) is 6.90. The lowest BCUT2D eigenvalue weighted by molar-refractivity contribution is 0.335. The van der Waals surface area contributed by atoms with E-state index in [1.807, 2.05) is 24.3 Å². The lowest BCUT2D eigenvalue weighted by atomic mass is 10.0. The van der Waals surface area contributed by atoms with Crippen LogP contribution in [0.4, 0.5) is 5.69 Å². The van der Waals surface area contributed by atoms with E-state index in [9.17, 15) is 0 Å². The van der Waals surface area contributed by atoms with Crippen molar-refractivity contribution in [1.29, 1.82) is 5.26 Å². The fourth-order valence-corrected chi connectivity index (χ4v) is 4.21. The minimum Gasteiger partial charge on any atom is -0.367 e. The maximum absolute atomic E-state index is 8.91. The molecule has 0 spiro atoms. The lowest BCUT2D eigenvalue weighted by Gasteiger charge is -2.27. The SMILES string of the molecule is CCN1CC2CCN(c3ccc(-c4ccc(C#N)cc4)cc3)[C@H]2C1. The molecule has 122 valence electrons. The van der Waals surface area contributed by atoms with Crippen LogP contribution in [0.3, 0.4) is 0 Å². The van der Waals surface area contributed by atoms with E-state index in [2.05, 4.69) is 47.1 Å². The lowest BCUT2D eigenvalue weighted by Crippen LogP contribution is -2.35. The summed E-state index contributed by atoms with van der Waals surface area (Å²) in [5, 5.41) is 8.91. The molecule has 0 N–H and O–H groups in total. The van der Waals surface area contributed by atoms with Crippen LogP contribution in [-0.2, 0) is 0 Å². The molecule has 2 fully saturated rings. The minimum atomic E-state index is 0.686. The fraction of sp³-hybridized carbons (Fsp3) is 0.381. The Morgan fingerprint density at radius 2 is 1.67 bits per heavy atom. The van der Waals surface area contributed by atoms with Gasteiger partial charge in [0.25, 0.3) is 0 Å². The first kappa shape index (κ1) is 15.2. The number of hydrogen-bond donors (Lipinski definition) is 0. The number of likely N-dealkylation sites (N-methyl/N-ethyl adjacent to an activating group) is 1. The molecule has 0 saturated carbocycles. The van der Waals surface area contributed by atoms with Crippen LogP contribution in [0.25, 0.3) is 11.1 Å². The van der Waals surface area contributed by atoms with E-state index in [-0.39, 0.29) is 0 Å². The highest BCUT2D eigenvalue weighted by molar-refractivity contribution is 5.67. The van der Waals surface area contributed by atoms with Crippen molar-refractivity contribution in [2.24, 2.45) is 5.92 Å². The monoisotopic (exact) mass is 317 g/mol. The van der Waals surface area contributed by atoms with Crippen LogP contribution in [0.5, 0.6) is 0 Å². The van der Waals surface area contributed by atoms with Crippen LogP contribution in [0.15, 0.2) is 48.5 Å². The molecule has 2 heterocycles. The second-order valence-corrected chi connectivity index (χ2v) is 6.90. The van der Waals surface area contributed by atoms with Crippen LogP contribution in [-0.4, -0.2) is 37.1 Å². The van der Waals surface area contributed by atoms with Gasteiger partial charge in [-0.3, -0.25) is 0 Å². The summed E-state index contributed by atoms with van der Waals surface area (Å²) in [6.07, 6.45) is 1.32. The molecule has 2 saturated heterocycles. The van der Waals surface area contributed by atoms with Gasteiger partial charge in [-0.1, -0.05) is 31.2 Å². The largest absolute Gasteiger partial charge is 0.367 e. The van der Waals surface area contributed by atoms with Crippen molar-refractivity contribution in [3.63, 3.8) is 0 Å². The molecule has 2 aromatic rings. The first-order valence-electron chi connectivity index (χ1n) is 8.88. The van der Waals surface area contributed by atoms with Crippen LogP contribution in [0.2, 0.25) is 0 Å². The third-order valence-corrected chi connectivity index (χ3v) is 5.62. The van der Waals surface area contributed by atoms with Gasteiger partial charge >= 0.3 is 0 Å². The molecule has 1 unspecified atom stereocenters. The minimum absolute atomic E-state index is 0.686. The zero-order valence-corrected chi connectivity index (χ0v) is 14.2. The predicted octanol–water partition coefficient (Wildman–Crippen LogP) is 3.76. The Morgan fingerprint density at radius 1 is 1.00 bits per heavy atom. The van der Waals surface area contributed by atoms with E-state index in [0.717, 1.165) is 11.5 Å². The Hall–Kier alpha value is -2.31. The van der Waals surface area contributed by atoms with Gasteiger partial charge in [-0.15, -0.1) is 0 Å². The van der Waals surface area contributed by atoms with Crippen LogP contribution >= 0.6 is 0 Å². The number of anilines is 1. The highest BCUT2D eigenvalue weighted by Gasteiger charge is 2.40. The highest BCUT2D eigenvalue weighted by atomic mass is 15.3. The number of benzene rings is 2. The number of nitrogens with zero attached hydrogens (tertiary/aromatic N) is 3. The summed E-state index contributed by atoms with van der Waals surface area (Å²) < 4.78 is 0. The van der Waals surface area contributed by atoms with Gasteiger partial charge in [0, 0.05) is 31.4 Å². The van der Waals surface area contributed by atoms with Gasteiger partial charge in [-0.2, -0.15) is 5.26 Å². The average molecular weight is 317 g/mol. The van der Waals surface area contributed by atoms with E-state index in [1.165, 1.54) is 43.9 Å². The number of nitriles is 1. The quantitative estimate of drug-likeness (QED) is 0.863. The number of fused-ring (bicyclic) bond motifs is 1. The van der Waals surface area contributed by atoms with Gasteiger partial charge in [0.15, 0.2) is 0 Å². The maximum Gasteiger partial charge on any atom is 0.0991 e. The molecule has 4 rings (SSSR count). The van der Waals surface area contributed by atoms with Crippen molar-refractivity contribution in [1.82, 2.24) is 4.90 Å². The first-order chi connectivity index (χ1) is 11.8. The van der Waals surface area contributed by atoms with Crippen LogP contribution in [0, 0.1) is 17.2 Å². The summed E-state index contributed by atoms with van der Waals surface area (Å²) in [5.74, 6) is 0.836. The summed E-state index contributed by atoms with van der Waals surface area (Å²) in [7, 11) is 0. The Morgan fingerprint density at radius 3 is 2.29 bits per heavy atom. The number of hydrogen-bond acceptors (Lipinski definition) is 3. The highest BCUT2D eigenvalue weighted by Crippen LogP contribution is 2.35. The average Bonchev–Trinajstić information content (AvgIpc) is 3.22. The standard InChI is InChI=1S/C21H23N3/c1-2-23-14-19-11-12-24(21(19)15-23)20-9-7-18(8-10-20)17-5-3-16(13-22)4-6-17/h3-10,19,21H,2,11-12,14-15H2,1H3/t19?,21-/m0/s1. The van der Waals surface area contributed by atoms with E-state index in [0.29, 0.717) is 11.6 Å². The van der Waals surface area contributed by atoms with Gasteiger partial charge in [-0.05, 0) is 54.3 Å². The molecule has 24 heavy (non-hydrogen) atoms. The normalized spacial score (nSPS) is 23.2. The molecule has 0 aromatic heterocycles. The summed E-state index contributed by atoms with van der Waals surface area (Å²) in [4.78, 5) is 5.18. The van der Waals surface area contributed by atoms with E-state index in [1.54, 1.807) is 0 Å². The van der Waals surface area contributed by atoms with Crippen molar-refractivity contribution in [3.05, 3.63) is 54.1 Å². The van der Waals surface area contributed by atoms with Gasteiger partial charge in [-0.25, -0.2) is 0 Å².